The van der Waals surface area contributed by atoms with Gasteiger partial charge in [-0.1, -0.05) is 67.5 Å². The van der Waals surface area contributed by atoms with Crippen LogP contribution in [0.1, 0.15) is 127 Å². The van der Waals surface area contributed by atoms with Crippen LogP contribution in [0.2, 0.25) is 0 Å². The first-order valence-corrected chi connectivity index (χ1v) is 15.5. The average molecular weight is 497 g/mol. The maximum absolute atomic E-state index is 11.9. The van der Waals surface area contributed by atoms with Gasteiger partial charge in [0.1, 0.15) is 6.10 Å². The van der Waals surface area contributed by atoms with E-state index in [0.29, 0.717) is 33.5 Å². The van der Waals surface area contributed by atoms with E-state index in [2.05, 4.69) is 62.0 Å². The van der Waals surface area contributed by atoms with Crippen LogP contribution in [-0.4, -0.2) is 12.1 Å². The number of rotatable bonds is 6. The lowest BCUT2D eigenvalue weighted by Gasteiger charge is -2.63. The van der Waals surface area contributed by atoms with E-state index in [1.807, 2.05) is 0 Å². The van der Waals surface area contributed by atoms with Crippen LogP contribution in [0.5, 0.6) is 0 Å². The molecule has 0 saturated heterocycles. The molecule has 0 amide bonds. The predicted octanol–water partition coefficient (Wildman–Crippen LogP) is 9.23. The van der Waals surface area contributed by atoms with Gasteiger partial charge < -0.3 is 4.74 Å². The van der Waals surface area contributed by atoms with Crippen molar-refractivity contribution in [1.29, 1.82) is 0 Å². The monoisotopic (exact) mass is 496 g/mol. The molecule has 5 aliphatic carbocycles. The van der Waals surface area contributed by atoms with E-state index in [1.54, 1.807) is 6.92 Å². The van der Waals surface area contributed by atoms with E-state index in [4.69, 9.17) is 4.74 Å². The lowest BCUT2D eigenvalue weighted by atomic mass is 9.41. The third-order valence-electron chi connectivity index (χ3n) is 14.5. The van der Waals surface area contributed by atoms with Gasteiger partial charge in [-0.25, -0.2) is 0 Å². The summed E-state index contributed by atoms with van der Waals surface area (Å²) in [6.45, 7) is 26.1. The summed E-state index contributed by atoms with van der Waals surface area (Å²) in [6, 6.07) is 0. The Hall–Kier alpha value is -0.790. The second kappa shape index (κ2) is 8.35. The SMILES string of the molecule is C=C(CC[C@@H](C)C1CC[C@@]2(C)[C@@H]3CCC4C(C)(C)[C@@H](OC(C)=O)CCC45[C@@H](C)C35CC[C@]12C)C(C)C. The fraction of sp³-hybridized carbons (Fsp3) is 0.912. The van der Waals surface area contributed by atoms with Crippen molar-refractivity contribution in [1.82, 2.24) is 0 Å². The summed E-state index contributed by atoms with van der Waals surface area (Å²) in [5.74, 6) is 4.56. The van der Waals surface area contributed by atoms with Crippen molar-refractivity contribution >= 4 is 5.97 Å². The topological polar surface area (TPSA) is 26.3 Å². The largest absolute Gasteiger partial charge is 0.462 e. The third kappa shape index (κ3) is 3.17. The molecule has 0 radical (unpaired) electrons. The lowest BCUT2D eigenvalue weighted by Crippen LogP contribution is -2.58. The van der Waals surface area contributed by atoms with Crippen molar-refractivity contribution in [3.05, 3.63) is 12.2 Å². The third-order valence-corrected chi connectivity index (χ3v) is 14.5. The van der Waals surface area contributed by atoms with Gasteiger partial charge in [-0.05, 0) is 121 Å². The summed E-state index contributed by atoms with van der Waals surface area (Å²) in [7, 11) is 0. The fourth-order valence-corrected chi connectivity index (χ4v) is 12.3. The number of esters is 1. The van der Waals surface area contributed by atoms with Gasteiger partial charge in [0, 0.05) is 12.3 Å². The Labute approximate surface area is 222 Å². The molecular formula is C34H56O2. The highest BCUT2D eigenvalue weighted by Gasteiger charge is 2.86. The first-order valence-electron chi connectivity index (χ1n) is 15.5. The van der Waals surface area contributed by atoms with Crippen LogP contribution in [-0.2, 0) is 9.53 Å². The number of hydrogen-bond donors (Lipinski definition) is 0. The van der Waals surface area contributed by atoms with Crippen molar-refractivity contribution in [3.63, 3.8) is 0 Å². The van der Waals surface area contributed by atoms with Crippen molar-refractivity contribution in [2.24, 2.45) is 62.6 Å². The highest BCUT2D eigenvalue weighted by Crippen LogP contribution is 2.91. The molecule has 0 aromatic heterocycles. The fourth-order valence-electron chi connectivity index (χ4n) is 12.3. The summed E-state index contributed by atoms with van der Waals surface area (Å²) < 4.78 is 5.94. The Morgan fingerprint density at radius 1 is 0.889 bits per heavy atom. The smallest absolute Gasteiger partial charge is 0.302 e. The number of ether oxygens (including phenoxy) is 1. The molecule has 5 fully saturated rings. The Morgan fingerprint density at radius 3 is 2.17 bits per heavy atom. The van der Waals surface area contributed by atoms with Crippen LogP contribution in [0.25, 0.3) is 0 Å². The molecular weight excluding hydrogens is 440 g/mol. The molecule has 2 heteroatoms. The van der Waals surface area contributed by atoms with Crippen molar-refractivity contribution in [2.45, 2.75) is 133 Å². The van der Waals surface area contributed by atoms with Gasteiger partial charge >= 0.3 is 5.97 Å². The quantitative estimate of drug-likeness (QED) is 0.270. The first-order chi connectivity index (χ1) is 16.7. The average Bonchev–Trinajstić information content (AvgIpc) is 3.19. The molecule has 36 heavy (non-hydrogen) atoms. The Kier molecular flexibility index (Phi) is 6.22. The molecule has 2 nitrogen and oxygen atoms in total. The first kappa shape index (κ1) is 26.8. The molecule has 0 heterocycles. The van der Waals surface area contributed by atoms with Gasteiger partial charge in [0.15, 0.2) is 0 Å². The lowest BCUT2D eigenvalue weighted by molar-refractivity contribution is -0.181. The van der Waals surface area contributed by atoms with Crippen molar-refractivity contribution < 1.29 is 9.53 Å². The Balaban J connectivity index is 1.40. The molecule has 5 saturated carbocycles. The summed E-state index contributed by atoms with van der Waals surface area (Å²) in [4.78, 5) is 11.9. The van der Waals surface area contributed by atoms with E-state index < -0.39 is 0 Å². The zero-order valence-corrected chi connectivity index (χ0v) is 25.1. The van der Waals surface area contributed by atoms with Crippen LogP contribution in [0.3, 0.4) is 0 Å². The highest BCUT2D eigenvalue weighted by molar-refractivity contribution is 5.66. The molecule has 5 aliphatic rings. The minimum absolute atomic E-state index is 0.0832. The molecule has 5 rings (SSSR count). The van der Waals surface area contributed by atoms with E-state index in [9.17, 15) is 4.79 Å². The normalized spacial score (nSPS) is 49.3. The van der Waals surface area contributed by atoms with Gasteiger partial charge in [0.2, 0.25) is 0 Å². The van der Waals surface area contributed by atoms with Gasteiger partial charge in [0.05, 0.1) is 0 Å². The summed E-state index contributed by atoms with van der Waals surface area (Å²) in [5.41, 5.74) is 3.49. The van der Waals surface area contributed by atoms with Crippen molar-refractivity contribution in [2.75, 3.05) is 0 Å². The summed E-state index contributed by atoms with van der Waals surface area (Å²) in [6.07, 6.45) is 13.4. The number of carbonyl (C=O) groups excluding carboxylic acids is 1. The summed E-state index contributed by atoms with van der Waals surface area (Å²) >= 11 is 0. The molecule has 0 aromatic carbocycles. The Morgan fingerprint density at radius 2 is 1.53 bits per heavy atom. The molecule has 0 N–H and O–H groups in total. The van der Waals surface area contributed by atoms with E-state index in [-0.39, 0.29) is 17.5 Å². The zero-order valence-electron chi connectivity index (χ0n) is 25.1. The van der Waals surface area contributed by atoms with Gasteiger partial charge in [0.25, 0.3) is 0 Å². The van der Waals surface area contributed by atoms with Crippen LogP contribution >= 0.6 is 0 Å². The van der Waals surface area contributed by atoms with Crippen LogP contribution in [0, 0.1) is 62.6 Å². The van der Waals surface area contributed by atoms with Crippen LogP contribution in [0.4, 0.5) is 0 Å². The minimum Gasteiger partial charge on any atom is -0.462 e. The van der Waals surface area contributed by atoms with Gasteiger partial charge in [-0.15, -0.1) is 0 Å². The molecule has 0 bridgehead atoms. The van der Waals surface area contributed by atoms with Gasteiger partial charge in [-0.2, -0.15) is 0 Å². The maximum Gasteiger partial charge on any atom is 0.302 e. The number of carbonyl (C=O) groups is 1. The second-order valence-corrected chi connectivity index (χ2v) is 15.8. The highest BCUT2D eigenvalue weighted by atomic mass is 16.5. The van der Waals surface area contributed by atoms with Crippen LogP contribution < -0.4 is 0 Å². The van der Waals surface area contributed by atoms with Gasteiger partial charge in [-0.3, -0.25) is 4.79 Å². The molecule has 4 unspecified atom stereocenters. The second-order valence-electron chi connectivity index (χ2n) is 15.8. The molecule has 204 valence electrons. The predicted molar refractivity (Wildman–Crippen MR) is 149 cm³/mol. The molecule has 0 aromatic rings. The molecule has 2 spiro atoms. The Bertz CT molecular complexity index is 916. The van der Waals surface area contributed by atoms with Crippen molar-refractivity contribution in [3.8, 4) is 0 Å². The number of allylic oxidation sites excluding steroid dienone is 1. The minimum atomic E-state index is -0.0969. The van der Waals surface area contributed by atoms with E-state index >= 15 is 0 Å². The van der Waals surface area contributed by atoms with E-state index in [1.165, 1.54) is 63.4 Å². The summed E-state index contributed by atoms with van der Waals surface area (Å²) in [5, 5.41) is 0. The standard InChI is InChI=1S/C34H56O2/c1-21(2)22(3)11-12-23(4)26-15-17-32(10)28-14-13-27-30(7,8)29(36-25(6)35)16-18-33(27)24(5)34(28,33)20-19-31(26,32)9/h21,23-24,26-29H,3,11-20H2,1-2,4-10H3/t23-,24-,26?,27?,28+,29+,31-,32+,33?,34?/m1/s1. The maximum atomic E-state index is 11.9. The molecule has 0 aliphatic heterocycles. The zero-order chi connectivity index (χ0) is 26.5. The van der Waals surface area contributed by atoms with Crippen LogP contribution in [0.15, 0.2) is 12.2 Å². The number of hydrogen-bond acceptors (Lipinski definition) is 2. The molecule has 10 atom stereocenters. The number of fused-ring (bicyclic) bond motifs is 2. The van der Waals surface area contributed by atoms with E-state index in [0.717, 1.165) is 30.1 Å².